The van der Waals surface area contributed by atoms with Crippen LogP contribution < -0.4 is 11.5 Å². The number of nitrogen functional groups attached to an aromatic ring is 2. The molecule has 0 aliphatic carbocycles. The van der Waals surface area contributed by atoms with Gasteiger partial charge < -0.3 is 11.5 Å². The normalized spacial score (nSPS) is 10.2. The molecule has 0 radical (unpaired) electrons. The molecule has 0 saturated heterocycles. The molecule has 0 atom stereocenters. The van der Waals surface area contributed by atoms with Gasteiger partial charge in [-0.05, 0) is 17.7 Å². The Balaban J connectivity index is 2.75. The van der Waals surface area contributed by atoms with Crippen LogP contribution in [0.5, 0.6) is 0 Å². The summed E-state index contributed by atoms with van der Waals surface area (Å²) in [4.78, 5) is 7.61. The first-order chi connectivity index (χ1) is 9.06. The van der Waals surface area contributed by atoms with Crippen LogP contribution in [0.2, 0.25) is 0 Å². The van der Waals surface area contributed by atoms with Crippen molar-refractivity contribution in [2.24, 2.45) is 0 Å². The predicted molar refractivity (Wildman–Crippen MR) is 73.6 cm³/mol. The third-order valence-corrected chi connectivity index (χ3v) is 3.15. The van der Waals surface area contributed by atoms with Crippen molar-refractivity contribution in [3.63, 3.8) is 0 Å². The Morgan fingerprint density at radius 1 is 1.32 bits per heavy atom. The van der Waals surface area contributed by atoms with Crippen LogP contribution in [-0.4, -0.2) is 9.97 Å². The summed E-state index contributed by atoms with van der Waals surface area (Å²) in [5.74, 6) is -0.664. The number of nitrogens with zero attached hydrogens (tertiary/aromatic N) is 3. The van der Waals surface area contributed by atoms with Crippen molar-refractivity contribution in [2.75, 3.05) is 11.5 Å². The number of benzene rings is 1. The van der Waals surface area contributed by atoms with Gasteiger partial charge in [0.15, 0.2) is 0 Å². The largest absolute Gasteiger partial charge is 0.382 e. The van der Waals surface area contributed by atoms with E-state index in [1.165, 1.54) is 6.07 Å². The van der Waals surface area contributed by atoms with Crippen LogP contribution in [0.3, 0.4) is 0 Å². The van der Waals surface area contributed by atoms with Crippen LogP contribution in [0.1, 0.15) is 11.1 Å². The van der Waals surface area contributed by atoms with Crippen LogP contribution in [-0.2, 0) is 5.33 Å². The van der Waals surface area contributed by atoms with Gasteiger partial charge in [-0.15, -0.1) is 0 Å². The van der Waals surface area contributed by atoms with E-state index in [9.17, 15) is 4.39 Å². The lowest BCUT2D eigenvalue weighted by atomic mass is 10.0. The van der Waals surface area contributed by atoms with Gasteiger partial charge in [0.1, 0.15) is 23.3 Å². The van der Waals surface area contributed by atoms with Gasteiger partial charge in [0.25, 0.3) is 0 Å². The van der Waals surface area contributed by atoms with Crippen molar-refractivity contribution in [3.8, 4) is 17.3 Å². The molecule has 0 fully saturated rings. The van der Waals surface area contributed by atoms with Crippen LogP contribution in [0, 0.1) is 17.1 Å². The Labute approximate surface area is 117 Å². The lowest BCUT2D eigenvalue weighted by Crippen LogP contribution is -2.05. The van der Waals surface area contributed by atoms with Gasteiger partial charge in [-0.25, -0.2) is 9.37 Å². The summed E-state index contributed by atoms with van der Waals surface area (Å²) in [5.41, 5.74) is 12.2. The molecule has 0 amide bonds. The molecule has 0 aliphatic heterocycles. The Hall–Kier alpha value is -2.20. The number of hydrogen-bond acceptors (Lipinski definition) is 5. The molecule has 1 aromatic carbocycles. The molecule has 0 spiro atoms. The molecule has 4 N–H and O–H groups in total. The van der Waals surface area contributed by atoms with Gasteiger partial charge in [-0.2, -0.15) is 10.2 Å². The molecular formula is C12H9BrFN5. The van der Waals surface area contributed by atoms with Gasteiger partial charge in [0.2, 0.25) is 5.95 Å². The highest BCUT2D eigenvalue weighted by molar-refractivity contribution is 9.08. The number of nitrogens with two attached hydrogens (primary N) is 2. The van der Waals surface area contributed by atoms with E-state index in [2.05, 4.69) is 25.9 Å². The number of aromatic nitrogens is 2. The Morgan fingerprint density at radius 3 is 2.68 bits per heavy atom. The second-order valence-corrected chi connectivity index (χ2v) is 4.31. The highest BCUT2D eigenvalue weighted by atomic mass is 79.9. The summed E-state index contributed by atoms with van der Waals surface area (Å²) >= 11 is 3.28. The van der Waals surface area contributed by atoms with Crippen molar-refractivity contribution in [2.45, 2.75) is 5.33 Å². The summed E-state index contributed by atoms with van der Waals surface area (Å²) in [6.07, 6.45) is 0. The summed E-state index contributed by atoms with van der Waals surface area (Å²) in [7, 11) is 0. The number of halogens is 2. The standard InChI is InChI=1S/C12H9BrFN5/c13-4-6-1-2-9(14)7(3-6)10-8(5-15)11(16)19-12(17)18-10/h1-3H,4H2,(H4,16,17,18,19). The zero-order chi connectivity index (χ0) is 14.0. The van der Waals surface area contributed by atoms with Gasteiger partial charge in [0.05, 0.1) is 5.69 Å². The second kappa shape index (κ2) is 5.20. The molecule has 2 aromatic rings. The molecule has 1 aromatic heterocycles. The lowest BCUT2D eigenvalue weighted by Gasteiger charge is -2.08. The molecule has 0 saturated carbocycles. The van der Waals surface area contributed by atoms with E-state index >= 15 is 0 Å². The quantitative estimate of drug-likeness (QED) is 0.826. The molecule has 7 heteroatoms. The van der Waals surface area contributed by atoms with Crippen molar-refractivity contribution in [1.82, 2.24) is 9.97 Å². The third kappa shape index (κ3) is 2.48. The third-order valence-electron chi connectivity index (χ3n) is 2.51. The minimum Gasteiger partial charge on any atom is -0.382 e. The molecule has 0 bridgehead atoms. The maximum absolute atomic E-state index is 13.9. The smallest absolute Gasteiger partial charge is 0.222 e. The number of hydrogen-bond donors (Lipinski definition) is 2. The lowest BCUT2D eigenvalue weighted by molar-refractivity contribution is 0.630. The van der Waals surface area contributed by atoms with Crippen molar-refractivity contribution >= 4 is 27.7 Å². The fraction of sp³-hybridized carbons (Fsp3) is 0.0833. The number of alkyl halides is 1. The molecule has 2 rings (SSSR count). The van der Waals surface area contributed by atoms with E-state index in [0.717, 1.165) is 5.56 Å². The molecule has 0 unspecified atom stereocenters. The van der Waals surface area contributed by atoms with E-state index in [1.54, 1.807) is 12.1 Å². The van der Waals surface area contributed by atoms with Crippen LogP contribution >= 0.6 is 15.9 Å². The molecule has 5 nitrogen and oxygen atoms in total. The van der Waals surface area contributed by atoms with E-state index in [0.29, 0.717) is 5.33 Å². The topological polar surface area (TPSA) is 102 Å². The van der Waals surface area contributed by atoms with Gasteiger partial charge in [-0.1, -0.05) is 22.0 Å². The summed E-state index contributed by atoms with van der Waals surface area (Å²) in [6.45, 7) is 0. The van der Waals surface area contributed by atoms with E-state index in [1.807, 2.05) is 6.07 Å². The zero-order valence-corrected chi connectivity index (χ0v) is 11.3. The average molecular weight is 322 g/mol. The first-order valence-electron chi connectivity index (χ1n) is 5.24. The second-order valence-electron chi connectivity index (χ2n) is 3.75. The highest BCUT2D eigenvalue weighted by Gasteiger charge is 2.16. The van der Waals surface area contributed by atoms with Gasteiger partial charge >= 0.3 is 0 Å². The Bertz CT molecular complexity index is 681. The maximum Gasteiger partial charge on any atom is 0.222 e. The van der Waals surface area contributed by atoms with Crippen molar-refractivity contribution in [3.05, 3.63) is 35.1 Å². The van der Waals surface area contributed by atoms with Crippen LogP contribution in [0.4, 0.5) is 16.2 Å². The summed E-state index contributed by atoms with van der Waals surface area (Å²) in [6, 6.07) is 6.40. The fourth-order valence-electron chi connectivity index (χ4n) is 1.64. The predicted octanol–water partition coefficient (Wildman–Crippen LogP) is 2.21. The van der Waals surface area contributed by atoms with E-state index < -0.39 is 5.82 Å². The first kappa shape index (κ1) is 13.2. The first-order valence-corrected chi connectivity index (χ1v) is 6.36. The van der Waals surface area contributed by atoms with Crippen molar-refractivity contribution in [1.29, 1.82) is 5.26 Å². The van der Waals surface area contributed by atoms with E-state index in [-0.39, 0.29) is 28.6 Å². The molecule has 96 valence electrons. The number of anilines is 2. The average Bonchev–Trinajstić information content (AvgIpc) is 2.38. The van der Waals surface area contributed by atoms with Crippen molar-refractivity contribution < 1.29 is 4.39 Å². The van der Waals surface area contributed by atoms with Gasteiger partial charge in [0, 0.05) is 10.9 Å². The number of nitriles is 1. The SMILES string of the molecule is N#Cc1c(N)nc(N)nc1-c1cc(CBr)ccc1F. The molecule has 0 aliphatic rings. The molecular weight excluding hydrogens is 313 g/mol. The maximum atomic E-state index is 13.9. The minimum atomic E-state index is -0.501. The van der Waals surface area contributed by atoms with Gasteiger partial charge in [-0.3, -0.25) is 0 Å². The molecule has 19 heavy (non-hydrogen) atoms. The van der Waals surface area contributed by atoms with Crippen LogP contribution in [0.15, 0.2) is 18.2 Å². The summed E-state index contributed by atoms with van der Waals surface area (Å²) in [5, 5.41) is 9.64. The summed E-state index contributed by atoms with van der Waals surface area (Å²) < 4.78 is 13.9. The minimum absolute atomic E-state index is 0.0137. The monoisotopic (exact) mass is 321 g/mol. The Kier molecular flexibility index (Phi) is 3.62. The van der Waals surface area contributed by atoms with Crippen LogP contribution in [0.25, 0.3) is 11.3 Å². The van der Waals surface area contributed by atoms with E-state index in [4.69, 9.17) is 16.7 Å². The Morgan fingerprint density at radius 2 is 2.05 bits per heavy atom. The molecule has 1 heterocycles. The number of rotatable bonds is 2. The fourth-order valence-corrected chi connectivity index (χ4v) is 1.99. The zero-order valence-electron chi connectivity index (χ0n) is 9.69. The highest BCUT2D eigenvalue weighted by Crippen LogP contribution is 2.28.